The summed E-state index contributed by atoms with van der Waals surface area (Å²) in [6, 6.07) is 10.8. The van der Waals surface area contributed by atoms with Crippen molar-refractivity contribution in [1.82, 2.24) is 0 Å². The van der Waals surface area contributed by atoms with Crippen molar-refractivity contribution in [1.29, 1.82) is 5.26 Å². The van der Waals surface area contributed by atoms with Gasteiger partial charge in [0.2, 0.25) is 0 Å². The molecule has 1 fully saturated rings. The first kappa shape index (κ1) is 11.5. The van der Waals surface area contributed by atoms with E-state index in [9.17, 15) is 0 Å². The van der Waals surface area contributed by atoms with Crippen LogP contribution in [0.2, 0.25) is 0 Å². The van der Waals surface area contributed by atoms with E-state index in [1.165, 1.54) is 12.8 Å². The van der Waals surface area contributed by atoms with Crippen LogP contribution in [-0.2, 0) is 0 Å². The summed E-state index contributed by atoms with van der Waals surface area (Å²) >= 11 is 3.52. The van der Waals surface area contributed by atoms with Crippen LogP contribution in [-0.4, -0.2) is 6.04 Å². The maximum absolute atomic E-state index is 9.11. The van der Waals surface area contributed by atoms with E-state index in [-0.39, 0.29) is 5.92 Å². The standard InChI is InChI=1S/C13H15BrN2/c14-11-6-2-4-8-13(11)16-12-7-3-1-5-10(12)9-15/h2,4,6,8,10,12,16H,1,3,5,7H2. The fourth-order valence-corrected chi connectivity index (χ4v) is 2.64. The molecule has 2 rings (SSSR count). The van der Waals surface area contributed by atoms with E-state index >= 15 is 0 Å². The van der Waals surface area contributed by atoms with Crippen LogP contribution >= 0.6 is 15.9 Å². The maximum Gasteiger partial charge on any atom is 0.0677 e. The minimum Gasteiger partial charge on any atom is -0.380 e. The molecular weight excluding hydrogens is 264 g/mol. The Morgan fingerprint density at radius 2 is 2.00 bits per heavy atom. The Bertz CT molecular complexity index is 397. The van der Waals surface area contributed by atoms with Gasteiger partial charge in [-0.2, -0.15) is 5.26 Å². The zero-order chi connectivity index (χ0) is 11.4. The van der Waals surface area contributed by atoms with Crippen LogP contribution < -0.4 is 5.32 Å². The highest BCUT2D eigenvalue weighted by Gasteiger charge is 2.24. The van der Waals surface area contributed by atoms with E-state index in [1.54, 1.807) is 0 Å². The molecule has 1 aromatic carbocycles. The average molecular weight is 279 g/mol. The van der Waals surface area contributed by atoms with Crippen LogP contribution in [0.15, 0.2) is 28.7 Å². The highest BCUT2D eigenvalue weighted by molar-refractivity contribution is 9.10. The summed E-state index contributed by atoms with van der Waals surface area (Å²) < 4.78 is 1.07. The van der Waals surface area contributed by atoms with Crippen molar-refractivity contribution >= 4 is 21.6 Å². The van der Waals surface area contributed by atoms with Crippen LogP contribution in [0.1, 0.15) is 25.7 Å². The molecule has 1 saturated carbocycles. The number of hydrogen-bond acceptors (Lipinski definition) is 2. The molecule has 2 unspecified atom stereocenters. The van der Waals surface area contributed by atoms with Gasteiger partial charge < -0.3 is 5.32 Å². The number of benzene rings is 1. The van der Waals surface area contributed by atoms with Gasteiger partial charge in [0.25, 0.3) is 0 Å². The molecule has 0 heterocycles. The molecule has 0 saturated heterocycles. The van der Waals surface area contributed by atoms with Gasteiger partial charge in [-0.25, -0.2) is 0 Å². The Balaban J connectivity index is 2.09. The van der Waals surface area contributed by atoms with Crippen molar-refractivity contribution in [2.45, 2.75) is 31.7 Å². The van der Waals surface area contributed by atoms with Gasteiger partial charge in [0.1, 0.15) is 0 Å². The third kappa shape index (κ3) is 2.56. The first-order valence-electron chi connectivity index (χ1n) is 5.72. The van der Waals surface area contributed by atoms with Crippen LogP contribution in [0, 0.1) is 17.2 Å². The lowest BCUT2D eigenvalue weighted by Crippen LogP contribution is -2.31. The van der Waals surface area contributed by atoms with Crippen LogP contribution in [0.5, 0.6) is 0 Å². The Morgan fingerprint density at radius 1 is 1.25 bits per heavy atom. The second kappa shape index (κ2) is 5.36. The highest BCUT2D eigenvalue weighted by atomic mass is 79.9. The van der Waals surface area contributed by atoms with E-state index in [0.717, 1.165) is 23.0 Å². The van der Waals surface area contributed by atoms with E-state index < -0.39 is 0 Å². The Morgan fingerprint density at radius 3 is 2.75 bits per heavy atom. The molecule has 1 N–H and O–H groups in total. The van der Waals surface area contributed by atoms with Gasteiger partial charge in [-0.05, 0) is 40.9 Å². The number of nitriles is 1. The molecule has 0 amide bonds. The van der Waals surface area contributed by atoms with Crippen molar-refractivity contribution in [3.05, 3.63) is 28.7 Å². The summed E-state index contributed by atoms with van der Waals surface area (Å²) in [4.78, 5) is 0. The predicted molar refractivity (Wildman–Crippen MR) is 69.1 cm³/mol. The number of hydrogen-bond donors (Lipinski definition) is 1. The van der Waals surface area contributed by atoms with Gasteiger partial charge in [0.05, 0.1) is 12.0 Å². The van der Waals surface area contributed by atoms with Crippen molar-refractivity contribution in [3.63, 3.8) is 0 Å². The van der Waals surface area contributed by atoms with Gasteiger partial charge in [-0.3, -0.25) is 0 Å². The zero-order valence-corrected chi connectivity index (χ0v) is 10.7. The van der Waals surface area contributed by atoms with Gasteiger partial charge >= 0.3 is 0 Å². The second-order valence-corrected chi connectivity index (χ2v) is 5.11. The molecule has 0 spiro atoms. The van der Waals surface area contributed by atoms with Gasteiger partial charge in [-0.1, -0.05) is 25.0 Å². The van der Waals surface area contributed by atoms with Crippen molar-refractivity contribution in [2.24, 2.45) is 5.92 Å². The summed E-state index contributed by atoms with van der Waals surface area (Å²) in [6.07, 6.45) is 4.53. The molecule has 1 aromatic rings. The topological polar surface area (TPSA) is 35.8 Å². The first-order chi connectivity index (χ1) is 7.81. The Labute approximate surface area is 105 Å². The number of halogens is 1. The molecule has 0 aromatic heterocycles. The number of nitrogens with one attached hydrogen (secondary N) is 1. The molecule has 1 aliphatic rings. The van der Waals surface area contributed by atoms with E-state index in [1.807, 2.05) is 24.3 Å². The minimum atomic E-state index is 0.154. The molecule has 16 heavy (non-hydrogen) atoms. The lowest BCUT2D eigenvalue weighted by Gasteiger charge is -2.28. The minimum absolute atomic E-state index is 0.154. The molecule has 3 heteroatoms. The fourth-order valence-electron chi connectivity index (χ4n) is 2.24. The number of rotatable bonds is 2. The highest BCUT2D eigenvalue weighted by Crippen LogP contribution is 2.29. The first-order valence-corrected chi connectivity index (χ1v) is 6.51. The van der Waals surface area contributed by atoms with Crippen LogP contribution in [0.3, 0.4) is 0 Å². The molecule has 0 bridgehead atoms. The maximum atomic E-state index is 9.11. The summed E-state index contributed by atoms with van der Waals surface area (Å²) in [5.41, 5.74) is 1.09. The molecule has 0 radical (unpaired) electrons. The molecule has 84 valence electrons. The van der Waals surface area contributed by atoms with E-state index in [0.29, 0.717) is 6.04 Å². The Kier molecular flexibility index (Phi) is 3.84. The second-order valence-electron chi connectivity index (χ2n) is 4.25. The van der Waals surface area contributed by atoms with E-state index in [2.05, 4.69) is 27.3 Å². The average Bonchev–Trinajstić information content (AvgIpc) is 2.33. The van der Waals surface area contributed by atoms with Crippen molar-refractivity contribution < 1.29 is 0 Å². The van der Waals surface area contributed by atoms with Crippen molar-refractivity contribution in [3.8, 4) is 6.07 Å². The smallest absolute Gasteiger partial charge is 0.0677 e. The number of anilines is 1. The molecule has 2 nitrogen and oxygen atoms in total. The third-order valence-electron chi connectivity index (χ3n) is 3.15. The normalized spacial score (nSPS) is 24.8. The predicted octanol–water partition coefficient (Wildman–Crippen LogP) is 3.94. The lowest BCUT2D eigenvalue weighted by molar-refractivity contribution is 0.388. The SMILES string of the molecule is N#CC1CCCCC1Nc1ccccc1Br. The number of para-hydroxylation sites is 1. The lowest BCUT2D eigenvalue weighted by atomic mass is 9.85. The molecular formula is C13H15BrN2. The van der Waals surface area contributed by atoms with Gasteiger partial charge in [0.15, 0.2) is 0 Å². The van der Waals surface area contributed by atoms with Crippen LogP contribution in [0.4, 0.5) is 5.69 Å². The summed E-state index contributed by atoms with van der Waals surface area (Å²) in [6.45, 7) is 0. The fraction of sp³-hybridized carbons (Fsp3) is 0.462. The summed E-state index contributed by atoms with van der Waals surface area (Å²) in [7, 11) is 0. The summed E-state index contributed by atoms with van der Waals surface area (Å²) in [5, 5.41) is 12.6. The van der Waals surface area contributed by atoms with E-state index in [4.69, 9.17) is 5.26 Å². The molecule has 2 atom stereocenters. The monoisotopic (exact) mass is 278 g/mol. The van der Waals surface area contributed by atoms with Gasteiger partial charge in [0, 0.05) is 16.2 Å². The zero-order valence-electron chi connectivity index (χ0n) is 9.12. The van der Waals surface area contributed by atoms with Crippen molar-refractivity contribution in [2.75, 3.05) is 5.32 Å². The largest absolute Gasteiger partial charge is 0.380 e. The molecule has 1 aliphatic carbocycles. The number of nitrogens with zero attached hydrogens (tertiary/aromatic N) is 1. The van der Waals surface area contributed by atoms with Gasteiger partial charge in [-0.15, -0.1) is 0 Å². The Hall–Kier alpha value is -1.01. The third-order valence-corrected chi connectivity index (χ3v) is 3.84. The molecule has 0 aliphatic heterocycles. The summed E-state index contributed by atoms with van der Waals surface area (Å²) in [5.74, 6) is 0.154. The quantitative estimate of drug-likeness (QED) is 0.889. The van der Waals surface area contributed by atoms with Crippen LogP contribution in [0.25, 0.3) is 0 Å².